The minimum Gasteiger partial charge on any atom is -0.489 e. The fourth-order valence-corrected chi connectivity index (χ4v) is 3.42. The normalized spacial score (nSPS) is 13.2. The number of nitrogens with zero attached hydrogens (tertiary/aromatic N) is 3. The van der Waals surface area contributed by atoms with E-state index in [0.29, 0.717) is 41.0 Å². The van der Waals surface area contributed by atoms with Gasteiger partial charge >= 0.3 is 6.09 Å². The zero-order valence-corrected chi connectivity index (χ0v) is 20.8. The van der Waals surface area contributed by atoms with Crippen molar-refractivity contribution >= 4 is 17.8 Å². The van der Waals surface area contributed by atoms with Crippen molar-refractivity contribution in [3.8, 4) is 17.1 Å². The first-order valence-electron chi connectivity index (χ1n) is 11.0. The fourth-order valence-electron chi connectivity index (χ4n) is 3.42. The maximum atomic E-state index is 12.4. The van der Waals surface area contributed by atoms with Crippen molar-refractivity contribution in [2.24, 2.45) is 5.92 Å². The molecule has 0 fully saturated rings. The van der Waals surface area contributed by atoms with E-state index >= 15 is 0 Å². The van der Waals surface area contributed by atoms with Crippen molar-refractivity contribution in [1.82, 2.24) is 20.3 Å². The third kappa shape index (κ3) is 8.67. The molecule has 2 amide bonds. The van der Waals surface area contributed by atoms with Crippen LogP contribution >= 0.6 is 0 Å². The lowest BCUT2D eigenvalue weighted by Gasteiger charge is -2.33. The van der Waals surface area contributed by atoms with E-state index < -0.39 is 17.2 Å². The number of hydrogen-bond acceptors (Lipinski definition) is 7. The number of ether oxygens (including phenoxy) is 2. The average molecular weight is 458 g/mol. The molecule has 0 aliphatic heterocycles. The van der Waals surface area contributed by atoms with Crippen LogP contribution in [-0.2, 0) is 9.53 Å². The number of carbonyl (C=O) groups is 2. The van der Waals surface area contributed by atoms with E-state index in [9.17, 15) is 9.59 Å². The number of aryl methyl sites for hydroxylation is 1. The molecule has 2 N–H and O–H groups in total. The summed E-state index contributed by atoms with van der Waals surface area (Å²) in [5.41, 5.74) is 0.684. The van der Waals surface area contributed by atoms with Gasteiger partial charge in [0.05, 0.1) is 22.6 Å². The van der Waals surface area contributed by atoms with Crippen LogP contribution in [0, 0.1) is 12.8 Å². The van der Waals surface area contributed by atoms with Gasteiger partial charge in [-0.25, -0.2) is 19.7 Å². The molecular weight excluding hydrogens is 422 g/mol. The molecule has 9 heteroatoms. The number of anilines is 1. The molecule has 0 unspecified atom stereocenters. The molecule has 0 saturated heterocycles. The molecule has 0 bridgehead atoms. The van der Waals surface area contributed by atoms with Crippen molar-refractivity contribution in [2.45, 2.75) is 73.0 Å². The summed E-state index contributed by atoms with van der Waals surface area (Å²) < 4.78 is 11.5. The molecule has 0 radical (unpaired) electrons. The standard InChI is InChI=1S/C24H35N5O4/c1-15(2)12-24(8,29-22(31)33-23(5,6)7)13-32-20-10-9-18(27-16(20)3)19-11-21(26-14-25-19)28-17(4)30/h9-11,14-15H,12-13H2,1-8H3,(H,29,31)(H,25,26,28,30)/t24-/m0/s1. The van der Waals surface area contributed by atoms with E-state index in [4.69, 9.17) is 9.47 Å². The number of aromatic nitrogens is 3. The largest absolute Gasteiger partial charge is 0.489 e. The highest BCUT2D eigenvalue weighted by Crippen LogP contribution is 2.25. The smallest absolute Gasteiger partial charge is 0.408 e. The number of nitrogens with one attached hydrogen (secondary N) is 2. The Labute approximate surface area is 195 Å². The molecule has 2 rings (SSSR count). The van der Waals surface area contributed by atoms with Crippen LogP contribution in [0.15, 0.2) is 24.5 Å². The van der Waals surface area contributed by atoms with Crippen LogP contribution in [0.4, 0.5) is 10.6 Å². The predicted molar refractivity (Wildman–Crippen MR) is 127 cm³/mol. The SMILES string of the molecule is CC(=O)Nc1cc(-c2ccc(OC[C@](C)(CC(C)C)NC(=O)OC(C)(C)C)c(C)n2)ncn1. The van der Waals surface area contributed by atoms with Gasteiger partial charge in [-0.2, -0.15) is 0 Å². The molecule has 9 nitrogen and oxygen atoms in total. The number of pyridine rings is 1. The van der Waals surface area contributed by atoms with Gasteiger partial charge in [0.15, 0.2) is 0 Å². The number of amides is 2. The minimum absolute atomic E-state index is 0.211. The summed E-state index contributed by atoms with van der Waals surface area (Å²) in [4.78, 5) is 36.5. The Morgan fingerprint density at radius 3 is 2.36 bits per heavy atom. The van der Waals surface area contributed by atoms with Crippen molar-refractivity contribution < 1.29 is 19.1 Å². The van der Waals surface area contributed by atoms with Gasteiger partial charge in [-0.15, -0.1) is 0 Å². The topological polar surface area (TPSA) is 115 Å². The first-order chi connectivity index (χ1) is 15.3. The number of rotatable bonds is 8. The summed E-state index contributed by atoms with van der Waals surface area (Å²) >= 11 is 0. The molecule has 0 aromatic carbocycles. The Kier molecular flexibility index (Phi) is 8.35. The molecule has 0 aliphatic carbocycles. The van der Waals surface area contributed by atoms with E-state index in [1.165, 1.54) is 13.3 Å². The zero-order chi connectivity index (χ0) is 24.8. The summed E-state index contributed by atoms with van der Waals surface area (Å²) in [6.45, 7) is 15.1. The summed E-state index contributed by atoms with van der Waals surface area (Å²) in [5.74, 6) is 1.14. The van der Waals surface area contributed by atoms with Gasteiger partial charge in [0.1, 0.15) is 30.1 Å². The zero-order valence-electron chi connectivity index (χ0n) is 20.8. The summed E-state index contributed by atoms with van der Waals surface area (Å²) in [6, 6.07) is 5.28. The van der Waals surface area contributed by atoms with Gasteiger partial charge in [-0.1, -0.05) is 13.8 Å². The second-order valence-electron chi connectivity index (χ2n) is 9.82. The summed E-state index contributed by atoms with van der Waals surface area (Å²) in [7, 11) is 0. The lowest BCUT2D eigenvalue weighted by molar-refractivity contribution is -0.114. The van der Waals surface area contributed by atoms with Gasteiger partial charge in [0, 0.05) is 13.0 Å². The Morgan fingerprint density at radius 2 is 1.79 bits per heavy atom. The highest BCUT2D eigenvalue weighted by molar-refractivity contribution is 5.88. The lowest BCUT2D eigenvalue weighted by atomic mass is 9.91. The molecule has 2 aromatic rings. The lowest BCUT2D eigenvalue weighted by Crippen LogP contribution is -2.52. The van der Waals surface area contributed by atoms with Crippen molar-refractivity contribution in [1.29, 1.82) is 0 Å². The van der Waals surface area contributed by atoms with Crippen molar-refractivity contribution in [3.05, 3.63) is 30.2 Å². The Balaban J connectivity index is 2.15. The second-order valence-corrected chi connectivity index (χ2v) is 9.82. The van der Waals surface area contributed by atoms with Crippen LogP contribution in [0.5, 0.6) is 5.75 Å². The molecule has 2 heterocycles. The fraction of sp³-hybridized carbons (Fsp3) is 0.542. The third-order valence-corrected chi connectivity index (χ3v) is 4.48. The Bertz CT molecular complexity index is 987. The van der Waals surface area contributed by atoms with E-state index in [1.54, 1.807) is 12.1 Å². The Morgan fingerprint density at radius 1 is 1.09 bits per heavy atom. The van der Waals surface area contributed by atoms with Crippen LogP contribution in [0.3, 0.4) is 0 Å². The van der Waals surface area contributed by atoms with Crippen molar-refractivity contribution in [2.75, 3.05) is 11.9 Å². The summed E-state index contributed by atoms with van der Waals surface area (Å²) in [6.07, 6.45) is 1.61. The summed E-state index contributed by atoms with van der Waals surface area (Å²) in [5, 5.41) is 5.61. The van der Waals surface area contributed by atoms with Crippen LogP contribution in [0.1, 0.15) is 60.6 Å². The average Bonchev–Trinajstić information content (AvgIpc) is 2.64. The van der Waals surface area contributed by atoms with Crippen LogP contribution in [0.2, 0.25) is 0 Å². The molecule has 180 valence electrons. The Hall–Kier alpha value is -3.23. The first-order valence-corrected chi connectivity index (χ1v) is 11.0. The minimum atomic E-state index is -0.623. The van der Waals surface area contributed by atoms with E-state index in [-0.39, 0.29) is 12.5 Å². The molecule has 0 saturated carbocycles. The van der Waals surface area contributed by atoms with Gasteiger partial charge in [-0.05, 0) is 59.1 Å². The second kappa shape index (κ2) is 10.6. The molecular formula is C24H35N5O4. The number of alkyl carbamates (subject to hydrolysis) is 1. The van der Waals surface area contributed by atoms with Gasteiger partial charge in [-0.3, -0.25) is 4.79 Å². The van der Waals surface area contributed by atoms with Crippen LogP contribution in [0.25, 0.3) is 11.4 Å². The molecule has 0 spiro atoms. The van der Waals surface area contributed by atoms with Crippen LogP contribution < -0.4 is 15.4 Å². The van der Waals surface area contributed by atoms with Gasteiger partial charge in [0.2, 0.25) is 5.91 Å². The number of hydrogen-bond donors (Lipinski definition) is 2. The quantitative estimate of drug-likeness (QED) is 0.599. The van der Waals surface area contributed by atoms with Gasteiger partial charge in [0.25, 0.3) is 0 Å². The highest BCUT2D eigenvalue weighted by Gasteiger charge is 2.31. The van der Waals surface area contributed by atoms with Crippen molar-refractivity contribution in [3.63, 3.8) is 0 Å². The maximum Gasteiger partial charge on any atom is 0.408 e. The number of carbonyl (C=O) groups excluding carboxylic acids is 2. The monoisotopic (exact) mass is 457 g/mol. The molecule has 33 heavy (non-hydrogen) atoms. The molecule has 0 aliphatic rings. The first kappa shape index (κ1) is 26.0. The highest BCUT2D eigenvalue weighted by atomic mass is 16.6. The van der Waals surface area contributed by atoms with Crippen LogP contribution in [-0.4, -0.2) is 44.7 Å². The molecule has 2 aromatic heterocycles. The maximum absolute atomic E-state index is 12.4. The van der Waals surface area contributed by atoms with E-state index in [2.05, 4.69) is 39.4 Å². The molecule has 1 atom stereocenters. The third-order valence-electron chi connectivity index (χ3n) is 4.48. The van der Waals surface area contributed by atoms with E-state index in [1.807, 2.05) is 40.7 Å². The van der Waals surface area contributed by atoms with E-state index in [0.717, 1.165) is 0 Å². The predicted octanol–water partition coefficient (Wildman–Crippen LogP) is 4.51. The van der Waals surface area contributed by atoms with Gasteiger partial charge < -0.3 is 20.1 Å².